The molecule has 0 aromatic heterocycles. The van der Waals surface area contributed by atoms with Gasteiger partial charge in [0.1, 0.15) is 0 Å². The molecular formula is C17H18N2O3. The first-order valence-electron chi connectivity index (χ1n) is 6.03. The van der Waals surface area contributed by atoms with Gasteiger partial charge in [0.05, 0.1) is 6.07 Å². The fourth-order valence-corrected chi connectivity index (χ4v) is 0.829. The van der Waals surface area contributed by atoms with Crippen molar-refractivity contribution in [3.63, 3.8) is 0 Å². The number of nitriles is 1. The van der Waals surface area contributed by atoms with Crippen LogP contribution in [-0.2, 0) is 9.59 Å². The van der Waals surface area contributed by atoms with Gasteiger partial charge < -0.3 is 10.8 Å². The first-order chi connectivity index (χ1) is 10.5. The van der Waals surface area contributed by atoms with Gasteiger partial charge in [0.15, 0.2) is 0 Å². The molecule has 0 spiro atoms. The summed E-state index contributed by atoms with van der Waals surface area (Å²) >= 11 is 0. The van der Waals surface area contributed by atoms with Gasteiger partial charge in [-0.15, -0.1) is 0 Å². The van der Waals surface area contributed by atoms with Crippen LogP contribution in [0, 0.1) is 11.3 Å². The molecule has 114 valence electrons. The lowest BCUT2D eigenvalue weighted by Crippen LogP contribution is -2.04. The molecule has 0 unspecified atom stereocenters. The van der Waals surface area contributed by atoms with E-state index >= 15 is 0 Å². The van der Waals surface area contributed by atoms with Crippen LogP contribution < -0.4 is 5.73 Å². The van der Waals surface area contributed by atoms with Gasteiger partial charge in [0.2, 0.25) is 5.91 Å². The first-order valence-corrected chi connectivity index (χ1v) is 6.03. The molecule has 3 N–H and O–H groups in total. The second kappa shape index (κ2) is 15.7. The van der Waals surface area contributed by atoms with Gasteiger partial charge in [0.25, 0.3) is 0 Å². The van der Waals surface area contributed by atoms with Crippen molar-refractivity contribution in [2.45, 2.75) is 0 Å². The van der Waals surface area contributed by atoms with Crippen molar-refractivity contribution < 1.29 is 14.7 Å². The number of aliphatic carboxylic acids is 1. The number of nitrogens with zero attached hydrogens (tertiary/aromatic N) is 1. The standard InChI is InChI=1S/C11H9N.C3H5NO.C3H4O2/c12-10-6-2-5-9-11-7-3-1-4-8-11;2*1-2-3(4)5/h1-9H;2H,1H2,(H2,4,5);2H,1H2,(H,4,5). The Morgan fingerprint density at radius 3 is 2.00 bits per heavy atom. The van der Waals surface area contributed by atoms with E-state index in [1.807, 2.05) is 48.6 Å². The van der Waals surface area contributed by atoms with E-state index in [-0.39, 0.29) is 0 Å². The smallest absolute Gasteiger partial charge is 0.327 e. The molecule has 1 aromatic rings. The molecule has 0 atom stereocenters. The number of allylic oxidation sites excluding steroid dienone is 3. The maximum Gasteiger partial charge on any atom is 0.327 e. The molecule has 0 aliphatic heterocycles. The first kappa shape index (κ1) is 20.9. The molecule has 0 heterocycles. The van der Waals surface area contributed by atoms with Gasteiger partial charge in [-0.3, -0.25) is 4.79 Å². The van der Waals surface area contributed by atoms with E-state index < -0.39 is 11.9 Å². The second-order valence-electron chi connectivity index (χ2n) is 3.41. The van der Waals surface area contributed by atoms with E-state index in [4.69, 9.17) is 10.4 Å². The third-order valence-electron chi connectivity index (χ3n) is 1.75. The summed E-state index contributed by atoms with van der Waals surface area (Å²) in [4.78, 5) is 18.7. The second-order valence-corrected chi connectivity index (χ2v) is 3.41. The molecule has 0 aliphatic rings. The average Bonchev–Trinajstić information content (AvgIpc) is 2.53. The number of hydrogen-bond acceptors (Lipinski definition) is 3. The molecule has 1 aromatic carbocycles. The third-order valence-corrected chi connectivity index (χ3v) is 1.75. The molecule has 1 amide bonds. The monoisotopic (exact) mass is 298 g/mol. The molecular weight excluding hydrogens is 280 g/mol. The highest BCUT2D eigenvalue weighted by atomic mass is 16.4. The molecule has 0 fully saturated rings. The van der Waals surface area contributed by atoms with Crippen LogP contribution >= 0.6 is 0 Å². The molecule has 1 rings (SSSR count). The summed E-state index contributed by atoms with van der Waals surface area (Å²) in [5, 5.41) is 15.8. The van der Waals surface area contributed by atoms with Crippen LogP contribution in [0.2, 0.25) is 0 Å². The lowest BCUT2D eigenvalue weighted by Gasteiger charge is -1.87. The summed E-state index contributed by atoms with van der Waals surface area (Å²) in [6, 6.07) is 11.9. The highest BCUT2D eigenvalue weighted by molar-refractivity contribution is 5.85. The van der Waals surface area contributed by atoms with Crippen molar-refractivity contribution in [2.24, 2.45) is 5.73 Å². The molecule has 22 heavy (non-hydrogen) atoms. The SMILES string of the molecule is C=CC(=O)O.C=CC(N)=O.N#CC=CC=Cc1ccccc1. The summed E-state index contributed by atoms with van der Waals surface area (Å²) in [6.45, 7) is 6.05. The fourth-order valence-electron chi connectivity index (χ4n) is 0.829. The lowest BCUT2D eigenvalue weighted by atomic mass is 10.2. The van der Waals surface area contributed by atoms with E-state index in [0.29, 0.717) is 0 Å². The predicted molar refractivity (Wildman–Crippen MR) is 87.5 cm³/mol. The predicted octanol–water partition coefficient (Wildman–Crippen LogP) is 2.69. The molecule has 0 radical (unpaired) electrons. The number of nitrogens with two attached hydrogens (primary N) is 1. The zero-order chi connectivity index (χ0) is 17.2. The van der Waals surface area contributed by atoms with E-state index in [1.54, 1.807) is 6.08 Å². The number of carboxylic acid groups (broad SMARTS) is 1. The zero-order valence-electron chi connectivity index (χ0n) is 12.1. The Hall–Kier alpha value is -3.39. The Morgan fingerprint density at radius 2 is 1.64 bits per heavy atom. The zero-order valence-corrected chi connectivity index (χ0v) is 12.1. The van der Waals surface area contributed by atoms with E-state index in [1.165, 1.54) is 6.08 Å². The minimum atomic E-state index is -0.981. The van der Waals surface area contributed by atoms with Crippen molar-refractivity contribution >= 4 is 18.0 Å². The minimum Gasteiger partial charge on any atom is -0.478 e. The van der Waals surface area contributed by atoms with Gasteiger partial charge in [-0.25, -0.2) is 4.79 Å². The van der Waals surface area contributed by atoms with Crippen molar-refractivity contribution in [3.8, 4) is 6.07 Å². The number of amides is 1. The molecule has 0 aliphatic carbocycles. The maximum absolute atomic E-state index is 9.47. The Labute approximate surface area is 130 Å². The van der Waals surface area contributed by atoms with Crippen LogP contribution in [0.15, 0.2) is 73.9 Å². The van der Waals surface area contributed by atoms with Crippen LogP contribution in [0.4, 0.5) is 0 Å². The van der Waals surface area contributed by atoms with Gasteiger partial charge in [-0.2, -0.15) is 5.26 Å². The highest BCUT2D eigenvalue weighted by Gasteiger charge is 1.78. The highest BCUT2D eigenvalue weighted by Crippen LogP contribution is 2.00. The molecule has 0 saturated carbocycles. The summed E-state index contributed by atoms with van der Waals surface area (Å²) < 4.78 is 0. The van der Waals surface area contributed by atoms with Crippen LogP contribution in [0.25, 0.3) is 6.08 Å². The van der Waals surface area contributed by atoms with Crippen molar-refractivity contribution in [1.29, 1.82) is 5.26 Å². The number of rotatable bonds is 4. The number of carbonyl (C=O) groups is 2. The third kappa shape index (κ3) is 19.0. The average molecular weight is 298 g/mol. The summed E-state index contributed by atoms with van der Waals surface area (Å²) in [7, 11) is 0. The van der Waals surface area contributed by atoms with Gasteiger partial charge >= 0.3 is 5.97 Å². The van der Waals surface area contributed by atoms with E-state index in [9.17, 15) is 9.59 Å². The van der Waals surface area contributed by atoms with E-state index in [2.05, 4.69) is 18.9 Å². The summed E-state index contributed by atoms with van der Waals surface area (Å²) in [6.07, 6.45) is 8.85. The summed E-state index contributed by atoms with van der Waals surface area (Å²) in [5.41, 5.74) is 5.67. The largest absolute Gasteiger partial charge is 0.478 e. The van der Waals surface area contributed by atoms with Crippen molar-refractivity contribution in [1.82, 2.24) is 0 Å². The van der Waals surface area contributed by atoms with Crippen LogP contribution in [0.3, 0.4) is 0 Å². The quantitative estimate of drug-likeness (QED) is 0.506. The van der Waals surface area contributed by atoms with Crippen molar-refractivity contribution in [2.75, 3.05) is 0 Å². The van der Waals surface area contributed by atoms with Crippen LogP contribution in [0.1, 0.15) is 5.56 Å². The Bertz CT molecular complexity index is 549. The number of benzene rings is 1. The topological polar surface area (TPSA) is 104 Å². The maximum atomic E-state index is 9.47. The molecule has 5 heteroatoms. The van der Waals surface area contributed by atoms with Gasteiger partial charge in [0, 0.05) is 12.2 Å². The van der Waals surface area contributed by atoms with Gasteiger partial charge in [-0.05, 0) is 11.6 Å². The molecule has 0 bridgehead atoms. The van der Waals surface area contributed by atoms with E-state index in [0.717, 1.165) is 17.7 Å². The fraction of sp³-hybridized carbons (Fsp3) is 0. The van der Waals surface area contributed by atoms with Crippen LogP contribution in [-0.4, -0.2) is 17.0 Å². The lowest BCUT2D eigenvalue weighted by molar-refractivity contribution is -0.131. The summed E-state index contributed by atoms with van der Waals surface area (Å²) in [5.74, 6) is -1.46. The molecule has 0 saturated heterocycles. The van der Waals surface area contributed by atoms with Crippen molar-refractivity contribution in [3.05, 3.63) is 79.4 Å². The Kier molecular flexibility index (Phi) is 14.9. The molecule has 5 nitrogen and oxygen atoms in total. The van der Waals surface area contributed by atoms with Crippen LogP contribution in [0.5, 0.6) is 0 Å². The number of primary amides is 1. The number of hydrogen-bond donors (Lipinski definition) is 2. The Balaban J connectivity index is 0. The number of carboxylic acids is 1. The minimum absolute atomic E-state index is 0.481. The van der Waals surface area contributed by atoms with Gasteiger partial charge in [-0.1, -0.05) is 61.7 Å². The Morgan fingerprint density at radius 1 is 1.14 bits per heavy atom. The number of carbonyl (C=O) groups excluding carboxylic acids is 1. The normalized spacial score (nSPS) is 8.68.